The molecule has 1 aliphatic heterocycles. The molecular weight excluding hydrogens is 611 g/mol. The molecule has 1 saturated heterocycles. The average Bonchev–Trinajstić information content (AvgIpc) is 3.43. The highest BCUT2D eigenvalue weighted by Gasteiger charge is 2.54. The highest BCUT2D eigenvalue weighted by atomic mass is 19.4. The maximum atomic E-state index is 12.9. The van der Waals surface area contributed by atoms with Crippen molar-refractivity contribution in [3.63, 3.8) is 0 Å². The van der Waals surface area contributed by atoms with E-state index >= 15 is 0 Å². The number of nitrogens with one attached hydrogen (secondary N) is 2. The number of ketones is 2. The maximum Gasteiger partial charge on any atom is 0.458 e. The smallest absolute Gasteiger partial charge is 0.378 e. The normalized spacial score (nSPS) is 17.3. The largest absolute Gasteiger partial charge is 0.458 e. The Kier molecular flexibility index (Phi) is 10.9. The minimum atomic E-state index is -5.77. The molecule has 44 heavy (non-hydrogen) atoms. The van der Waals surface area contributed by atoms with Gasteiger partial charge in [0.1, 0.15) is 0 Å². The third kappa shape index (κ3) is 9.58. The van der Waals surface area contributed by atoms with Gasteiger partial charge in [0.05, 0.1) is 11.1 Å². The molecule has 2 N–H and O–H groups in total. The van der Waals surface area contributed by atoms with Crippen LogP contribution in [0.2, 0.25) is 0 Å². The minimum absolute atomic E-state index is 0.0161. The van der Waals surface area contributed by atoms with Crippen molar-refractivity contribution in [1.82, 2.24) is 10.3 Å². The predicted octanol–water partition coefficient (Wildman–Crippen LogP) is 6.11. The van der Waals surface area contributed by atoms with Crippen LogP contribution in [0.25, 0.3) is 0 Å². The fourth-order valence-corrected chi connectivity index (χ4v) is 5.06. The van der Waals surface area contributed by atoms with E-state index in [-0.39, 0.29) is 17.4 Å². The van der Waals surface area contributed by atoms with Gasteiger partial charge in [0.2, 0.25) is 5.91 Å². The zero-order valence-corrected chi connectivity index (χ0v) is 23.1. The highest BCUT2D eigenvalue weighted by Crippen LogP contribution is 2.35. The third-order valence-corrected chi connectivity index (χ3v) is 7.40. The van der Waals surface area contributed by atoms with Crippen LogP contribution >= 0.6 is 0 Å². The molecule has 7 nitrogen and oxygen atoms in total. The monoisotopic (exact) mass is 640 g/mol. The van der Waals surface area contributed by atoms with Crippen LogP contribution < -0.4 is 15.5 Å². The summed E-state index contributed by atoms with van der Waals surface area (Å²) in [7, 11) is 0. The second-order valence-corrected chi connectivity index (χ2v) is 10.5. The second-order valence-electron chi connectivity index (χ2n) is 10.5. The molecule has 0 radical (unpaired) electrons. The summed E-state index contributed by atoms with van der Waals surface area (Å²) in [5.41, 5.74) is 0.812. The van der Waals surface area contributed by atoms with Crippen molar-refractivity contribution in [2.45, 2.75) is 62.6 Å². The van der Waals surface area contributed by atoms with Crippen molar-refractivity contribution in [2.24, 2.45) is 5.92 Å². The van der Waals surface area contributed by atoms with E-state index in [1.54, 1.807) is 12.4 Å². The standard InChI is InChI=1S/C24H29F3N4O.C4F6O2/c25-24(26,27)19-3-5-20(6-4-19)30-23(11-1-2-12-23)17-29-22(32)18-9-15-31(16-10-18)21-7-13-28-14-8-21;5-3(6,7)1(11)2(12)4(8,9)10/h3-8,13-14,18,30H,1-2,9-12,15-17H2,(H,29,32);. The van der Waals surface area contributed by atoms with Crippen LogP contribution in [0.3, 0.4) is 0 Å². The van der Waals surface area contributed by atoms with Crippen LogP contribution in [0.1, 0.15) is 44.1 Å². The minimum Gasteiger partial charge on any atom is -0.378 e. The van der Waals surface area contributed by atoms with Gasteiger partial charge >= 0.3 is 30.1 Å². The van der Waals surface area contributed by atoms with Crippen LogP contribution in [0.5, 0.6) is 0 Å². The number of nitrogens with zero attached hydrogens (tertiary/aromatic N) is 2. The molecule has 2 heterocycles. The van der Waals surface area contributed by atoms with E-state index in [1.807, 2.05) is 12.1 Å². The van der Waals surface area contributed by atoms with E-state index in [9.17, 15) is 53.9 Å². The Morgan fingerprint density at radius 1 is 0.795 bits per heavy atom. The Balaban J connectivity index is 0.000000375. The lowest BCUT2D eigenvalue weighted by atomic mass is 9.93. The number of hydrogen-bond donors (Lipinski definition) is 2. The van der Waals surface area contributed by atoms with Gasteiger partial charge in [-0.3, -0.25) is 19.4 Å². The van der Waals surface area contributed by atoms with E-state index in [0.717, 1.165) is 69.4 Å². The van der Waals surface area contributed by atoms with Gasteiger partial charge in [0.15, 0.2) is 0 Å². The number of pyridine rings is 1. The Hall–Kier alpha value is -3.85. The van der Waals surface area contributed by atoms with Crippen molar-refractivity contribution >= 4 is 28.8 Å². The number of rotatable bonds is 7. The van der Waals surface area contributed by atoms with Crippen molar-refractivity contribution in [3.05, 3.63) is 54.4 Å². The molecule has 1 aromatic carbocycles. The fraction of sp³-hybridized carbons (Fsp3) is 0.500. The molecule has 0 unspecified atom stereocenters. The molecule has 16 heteroatoms. The third-order valence-electron chi connectivity index (χ3n) is 7.40. The van der Waals surface area contributed by atoms with Crippen LogP contribution in [0.4, 0.5) is 50.9 Å². The molecule has 242 valence electrons. The van der Waals surface area contributed by atoms with E-state index in [0.29, 0.717) is 12.2 Å². The van der Waals surface area contributed by atoms with Crippen molar-refractivity contribution in [2.75, 3.05) is 29.9 Å². The zero-order chi connectivity index (χ0) is 32.8. The Morgan fingerprint density at radius 3 is 1.75 bits per heavy atom. The first kappa shape index (κ1) is 34.6. The van der Waals surface area contributed by atoms with Crippen LogP contribution in [0, 0.1) is 5.92 Å². The van der Waals surface area contributed by atoms with Crippen molar-refractivity contribution in [3.8, 4) is 0 Å². The summed E-state index contributed by atoms with van der Waals surface area (Å²) in [6, 6.07) is 9.10. The zero-order valence-electron chi connectivity index (χ0n) is 23.1. The number of benzene rings is 1. The van der Waals surface area contributed by atoms with Gasteiger partial charge in [-0.05, 0) is 62.1 Å². The summed E-state index contributed by atoms with van der Waals surface area (Å²) in [5.74, 6) is -6.76. The van der Waals surface area contributed by atoms with Gasteiger partial charge < -0.3 is 15.5 Å². The molecule has 0 spiro atoms. The lowest BCUT2D eigenvalue weighted by Crippen LogP contribution is -2.49. The SMILES string of the molecule is O=C(C(=O)C(F)(F)F)C(F)(F)F.O=C(NCC1(Nc2ccc(C(F)(F)F)cc2)CCCC1)C1CCN(c2ccncc2)CC1. The highest BCUT2D eigenvalue weighted by molar-refractivity contribution is 6.41. The number of aromatic nitrogens is 1. The van der Waals surface area contributed by atoms with Gasteiger partial charge in [0, 0.05) is 49.3 Å². The van der Waals surface area contributed by atoms with E-state index < -0.39 is 35.7 Å². The summed E-state index contributed by atoms with van der Waals surface area (Å²) < 4.78 is 105. The van der Waals surface area contributed by atoms with Gasteiger partial charge in [-0.2, -0.15) is 39.5 Å². The molecule has 4 rings (SSSR count). The lowest BCUT2D eigenvalue weighted by Gasteiger charge is -2.35. The molecule has 2 fully saturated rings. The van der Waals surface area contributed by atoms with Crippen molar-refractivity contribution < 1.29 is 53.9 Å². The number of alkyl halides is 9. The van der Waals surface area contributed by atoms with E-state index in [4.69, 9.17) is 0 Å². The maximum absolute atomic E-state index is 12.9. The lowest BCUT2D eigenvalue weighted by molar-refractivity contribution is -0.193. The molecule has 0 bridgehead atoms. The molecular formula is C28H29F9N4O3. The van der Waals surface area contributed by atoms with Gasteiger partial charge in [0.25, 0.3) is 0 Å². The van der Waals surface area contributed by atoms with E-state index in [2.05, 4.69) is 20.5 Å². The summed E-state index contributed by atoms with van der Waals surface area (Å²) in [6.45, 7) is 2.14. The van der Waals surface area contributed by atoms with Crippen molar-refractivity contribution in [1.29, 1.82) is 0 Å². The number of carbonyl (C=O) groups excluding carboxylic acids is 3. The summed E-state index contributed by atoms with van der Waals surface area (Å²) >= 11 is 0. The molecule has 1 saturated carbocycles. The Labute approximate surface area is 246 Å². The van der Waals surface area contributed by atoms with Gasteiger partial charge in [-0.25, -0.2) is 0 Å². The summed E-state index contributed by atoms with van der Waals surface area (Å²) in [5, 5.41) is 6.56. The Morgan fingerprint density at radius 2 is 1.30 bits per heavy atom. The summed E-state index contributed by atoms with van der Waals surface area (Å²) in [6.07, 6.45) is -6.90. The number of halogens is 9. The molecule has 1 aromatic heterocycles. The summed E-state index contributed by atoms with van der Waals surface area (Å²) in [4.78, 5) is 38.4. The van der Waals surface area contributed by atoms with E-state index in [1.165, 1.54) is 12.1 Å². The molecule has 1 amide bonds. The predicted molar refractivity (Wildman–Crippen MR) is 141 cm³/mol. The molecule has 2 aliphatic rings. The topological polar surface area (TPSA) is 91.4 Å². The van der Waals surface area contributed by atoms with Crippen LogP contribution in [-0.2, 0) is 20.6 Å². The van der Waals surface area contributed by atoms with Gasteiger partial charge in [-0.1, -0.05) is 12.8 Å². The molecule has 0 atom stereocenters. The fourth-order valence-electron chi connectivity index (χ4n) is 5.06. The number of amides is 1. The first-order valence-electron chi connectivity index (χ1n) is 13.5. The Bertz CT molecular complexity index is 1240. The number of carbonyl (C=O) groups is 3. The number of hydrogen-bond acceptors (Lipinski definition) is 6. The number of Topliss-reactive ketones (excluding diaryl/α,β-unsaturated/α-hetero) is 2. The average molecular weight is 641 g/mol. The first-order valence-corrected chi connectivity index (χ1v) is 13.5. The molecule has 2 aromatic rings. The second kappa shape index (κ2) is 13.8. The number of anilines is 2. The quantitative estimate of drug-likeness (QED) is 0.281. The first-order chi connectivity index (χ1) is 20.4. The van der Waals surface area contributed by atoms with Crippen LogP contribution in [0.15, 0.2) is 48.8 Å². The number of piperidine rings is 1. The van der Waals surface area contributed by atoms with Crippen LogP contribution in [-0.4, -0.2) is 60.0 Å². The molecule has 1 aliphatic carbocycles. The van der Waals surface area contributed by atoms with Gasteiger partial charge in [-0.15, -0.1) is 0 Å².